The van der Waals surface area contributed by atoms with Gasteiger partial charge in [-0.2, -0.15) is 5.10 Å². The first kappa shape index (κ1) is 18.4. The Morgan fingerprint density at radius 2 is 1.96 bits per heavy atom. The highest BCUT2D eigenvalue weighted by Crippen LogP contribution is 2.44. The highest BCUT2D eigenvalue weighted by atomic mass is 32.1. The minimum absolute atomic E-state index is 0.0284. The van der Waals surface area contributed by atoms with Crippen molar-refractivity contribution in [2.45, 2.75) is 25.2 Å². The average molecular weight is 369 g/mol. The summed E-state index contributed by atoms with van der Waals surface area (Å²) in [5, 5.41) is 4.22. The topological polar surface area (TPSA) is 86.9 Å². The second-order valence-electron chi connectivity index (χ2n) is 6.97. The van der Waals surface area contributed by atoms with E-state index in [2.05, 4.69) is 31.1 Å². The zero-order chi connectivity index (χ0) is 18.9. The van der Waals surface area contributed by atoms with E-state index in [0.29, 0.717) is 12.1 Å². The van der Waals surface area contributed by atoms with Crippen LogP contribution >= 0.6 is 11.3 Å². The number of rotatable bonds is 6. The van der Waals surface area contributed by atoms with Crippen molar-refractivity contribution in [3.63, 3.8) is 0 Å². The summed E-state index contributed by atoms with van der Waals surface area (Å²) in [6.07, 6.45) is 1.74. The minimum Gasteiger partial charge on any atom is -0.366 e. The molecule has 0 radical (unpaired) electrons. The zero-order valence-electron chi connectivity index (χ0n) is 15.3. The van der Waals surface area contributed by atoms with E-state index in [9.17, 15) is 4.79 Å². The van der Waals surface area contributed by atoms with Crippen LogP contribution < -0.4 is 11.5 Å². The Kier molecular flexibility index (Phi) is 4.98. The molecule has 0 aliphatic heterocycles. The molecule has 1 amide bonds. The SMILES string of the molecule is Cn1nccc1-c1cc(C(N)=O)c(C(CN)C(C)(C)c2ccccc2)s1. The summed E-state index contributed by atoms with van der Waals surface area (Å²) in [6, 6.07) is 14.0. The van der Waals surface area contributed by atoms with E-state index in [1.807, 2.05) is 37.4 Å². The second-order valence-corrected chi connectivity index (χ2v) is 8.05. The van der Waals surface area contributed by atoms with Gasteiger partial charge in [-0.3, -0.25) is 9.48 Å². The Morgan fingerprint density at radius 1 is 1.27 bits per heavy atom. The smallest absolute Gasteiger partial charge is 0.249 e. The molecular formula is C20H24N4OS. The number of primary amides is 1. The molecule has 4 N–H and O–H groups in total. The van der Waals surface area contributed by atoms with Crippen LogP contribution in [0.25, 0.3) is 10.6 Å². The zero-order valence-corrected chi connectivity index (χ0v) is 16.1. The standard InChI is InChI=1S/C20H24N4OS/c1-20(2,13-7-5-4-6-8-13)15(12-21)18-14(19(22)25)11-17(26-18)16-9-10-23-24(16)3/h4-11,15H,12,21H2,1-3H3,(H2,22,25). The third kappa shape index (κ3) is 3.18. The van der Waals surface area contributed by atoms with Gasteiger partial charge in [0.05, 0.1) is 16.1 Å². The lowest BCUT2D eigenvalue weighted by Gasteiger charge is -2.34. The molecule has 26 heavy (non-hydrogen) atoms. The molecule has 5 nitrogen and oxygen atoms in total. The lowest BCUT2D eigenvalue weighted by Crippen LogP contribution is -2.33. The van der Waals surface area contributed by atoms with Gasteiger partial charge in [0.2, 0.25) is 5.91 Å². The van der Waals surface area contributed by atoms with Gasteiger partial charge in [-0.15, -0.1) is 11.3 Å². The van der Waals surface area contributed by atoms with Crippen molar-refractivity contribution in [1.82, 2.24) is 9.78 Å². The van der Waals surface area contributed by atoms with Crippen LogP contribution in [0.3, 0.4) is 0 Å². The number of nitrogens with zero attached hydrogens (tertiary/aromatic N) is 2. The van der Waals surface area contributed by atoms with Gasteiger partial charge in [-0.25, -0.2) is 0 Å². The molecule has 0 saturated heterocycles. The fraction of sp³-hybridized carbons (Fsp3) is 0.300. The number of amides is 1. The molecule has 0 spiro atoms. The van der Waals surface area contributed by atoms with E-state index in [0.717, 1.165) is 15.4 Å². The fourth-order valence-corrected chi connectivity index (χ4v) is 4.92. The van der Waals surface area contributed by atoms with Gasteiger partial charge in [-0.1, -0.05) is 44.2 Å². The van der Waals surface area contributed by atoms with Gasteiger partial charge in [0.1, 0.15) is 0 Å². The lowest BCUT2D eigenvalue weighted by molar-refractivity contribution is 0.0999. The molecule has 136 valence electrons. The third-order valence-corrected chi connectivity index (χ3v) is 6.31. The van der Waals surface area contributed by atoms with Crippen LogP contribution in [0.2, 0.25) is 0 Å². The second kappa shape index (κ2) is 7.05. The van der Waals surface area contributed by atoms with E-state index in [1.165, 1.54) is 5.56 Å². The number of carbonyl (C=O) groups is 1. The summed E-state index contributed by atoms with van der Waals surface area (Å²) < 4.78 is 1.79. The molecule has 1 atom stereocenters. The van der Waals surface area contributed by atoms with Crippen LogP contribution in [-0.4, -0.2) is 22.2 Å². The summed E-state index contributed by atoms with van der Waals surface area (Å²) in [4.78, 5) is 14.0. The van der Waals surface area contributed by atoms with Crippen LogP contribution in [0.4, 0.5) is 0 Å². The number of benzene rings is 1. The van der Waals surface area contributed by atoms with Crippen LogP contribution in [-0.2, 0) is 12.5 Å². The largest absolute Gasteiger partial charge is 0.366 e. The van der Waals surface area contributed by atoms with Gasteiger partial charge in [-0.05, 0) is 23.1 Å². The van der Waals surface area contributed by atoms with E-state index in [1.54, 1.807) is 22.2 Å². The maximum atomic E-state index is 12.1. The lowest BCUT2D eigenvalue weighted by atomic mass is 9.72. The van der Waals surface area contributed by atoms with E-state index in [4.69, 9.17) is 11.5 Å². The van der Waals surface area contributed by atoms with Crippen molar-refractivity contribution < 1.29 is 4.79 Å². The van der Waals surface area contributed by atoms with Gasteiger partial charge < -0.3 is 11.5 Å². The van der Waals surface area contributed by atoms with Crippen molar-refractivity contribution in [1.29, 1.82) is 0 Å². The van der Waals surface area contributed by atoms with E-state index < -0.39 is 5.91 Å². The highest BCUT2D eigenvalue weighted by molar-refractivity contribution is 7.16. The number of nitrogens with two attached hydrogens (primary N) is 2. The van der Waals surface area contributed by atoms with Crippen LogP contribution in [0, 0.1) is 0 Å². The molecule has 2 heterocycles. The fourth-order valence-electron chi connectivity index (χ4n) is 3.40. The van der Waals surface area contributed by atoms with Crippen LogP contribution in [0.1, 0.15) is 40.6 Å². The van der Waals surface area contributed by atoms with Crippen molar-refractivity contribution in [2.24, 2.45) is 18.5 Å². The quantitative estimate of drug-likeness (QED) is 0.700. The molecular weight excluding hydrogens is 344 g/mol. The summed E-state index contributed by atoms with van der Waals surface area (Å²) in [5.74, 6) is -0.452. The predicted molar refractivity (Wildman–Crippen MR) is 106 cm³/mol. The third-order valence-electron chi connectivity index (χ3n) is 5.04. The molecule has 1 aromatic carbocycles. The number of thiophene rings is 1. The molecule has 0 aliphatic carbocycles. The van der Waals surface area contributed by atoms with Crippen molar-refractivity contribution in [3.05, 3.63) is 64.7 Å². The van der Waals surface area contributed by atoms with Crippen LogP contribution in [0.15, 0.2) is 48.7 Å². The Hall–Kier alpha value is -2.44. The Morgan fingerprint density at radius 3 is 2.50 bits per heavy atom. The van der Waals surface area contributed by atoms with Crippen molar-refractivity contribution in [3.8, 4) is 10.6 Å². The molecule has 0 fully saturated rings. The Balaban J connectivity index is 2.12. The molecule has 3 rings (SSSR count). The number of aryl methyl sites for hydroxylation is 1. The van der Waals surface area contributed by atoms with E-state index in [-0.39, 0.29) is 11.3 Å². The summed E-state index contributed by atoms with van der Waals surface area (Å²) in [6.45, 7) is 4.75. The Bertz CT molecular complexity index is 911. The Labute approximate surface area is 157 Å². The molecule has 0 bridgehead atoms. The van der Waals surface area contributed by atoms with Gasteiger partial charge in [0.15, 0.2) is 0 Å². The average Bonchev–Trinajstić information content (AvgIpc) is 3.22. The first-order valence-electron chi connectivity index (χ1n) is 8.53. The van der Waals surface area contributed by atoms with Crippen LogP contribution in [0.5, 0.6) is 0 Å². The van der Waals surface area contributed by atoms with Gasteiger partial charge >= 0.3 is 0 Å². The molecule has 2 aromatic heterocycles. The first-order chi connectivity index (χ1) is 12.4. The molecule has 1 unspecified atom stereocenters. The normalized spacial score (nSPS) is 12.9. The number of hydrogen-bond donors (Lipinski definition) is 2. The summed E-state index contributed by atoms with van der Waals surface area (Å²) in [7, 11) is 1.88. The van der Waals surface area contributed by atoms with E-state index >= 15 is 0 Å². The number of hydrogen-bond acceptors (Lipinski definition) is 4. The highest BCUT2D eigenvalue weighted by Gasteiger charge is 2.35. The number of carbonyl (C=O) groups excluding carboxylic acids is 1. The van der Waals surface area contributed by atoms with Crippen molar-refractivity contribution in [2.75, 3.05) is 6.54 Å². The molecule has 6 heteroatoms. The summed E-state index contributed by atoms with van der Waals surface area (Å²) >= 11 is 1.57. The molecule has 3 aromatic rings. The molecule has 0 saturated carbocycles. The monoisotopic (exact) mass is 368 g/mol. The van der Waals surface area contributed by atoms with Gasteiger partial charge in [0.25, 0.3) is 0 Å². The maximum absolute atomic E-state index is 12.1. The minimum atomic E-state index is -0.424. The molecule has 0 aliphatic rings. The first-order valence-corrected chi connectivity index (χ1v) is 9.35. The predicted octanol–water partition coefficient (Wildman–Crippen LogP) is 3.27. The van der Waals surface area contributed by atoms with Gasteiger partial charge in [0, 0.05) is 30.6 Å². The summed E-state index contributed by atoms with van der Waals surface area (Å²) in [5.41, 5.74) is 14.3. The number of aromatic nitrogens is 2. The van der Waals surface area contributed by atoms with Crippen molar-refractivity contribution >= 4 is 17.2 Å². The maximum Gasteiger partial charge on any atom is 0.249 e.